The van der Waals surface area contributed by atoms with Crippen molar-refractivity contribution in [3.05, 3.63) is 53.3 Å². The molecule has 2 N–H and O–H groups in total. The molecule has 21 heavy (non-hydrogen) atoms. The Morgan fingerprint density at radius 2 is 1.90 bits per heavy atom. The number of rotatable bonds is 4. The van der Waals surface area contributed by atoms with Crippen molar-refractivity contribution in [2.75, 3.05) is 4.72 Å². The Hall–Kier alpha value is -2.41. The predicted molar refractivity (Wildman–Crippen MR) is 77.9 cm³/mol. The number of sulfonamides is 1. The van der Waals surface area contributed by atoms with Gasteiger partial charge < -0.3 is 5.11 Å². The number of hydrogen-bond donors (Lipinski definition) is 2. The molecule has 0 amide bonds. The van der Waals surface area contributed by atoms with Crippen LogP contribution in [0.3, 0.4) is 0 Å². The molecule has 2 rings (SSSR count). The standard InChI is InChI=1S/C14H14N2O4S/c1-9-3-4-12(8-13(9)14(17)18)21(19,20)16-11-5-6-15-10(2)7-11/h3-8H,1-2H3,(H,15,16)(H,17,18). The number of benzene rings is 1. The Morgan fingerprint density at radius 1 is 1.19 bits per heavy atom. The molecule has 110 valence electrons. The highest BCUT2D eigenvalue weighted by Gasteiger charge is 2.18. The Balaban J connectivity index is 2.40. The highest BCUT2D eigenvalue weighted by Crippen LogP contribution is 2.19. The summed E-state index contributed by atoms with van der Waals surface area (Å²) in [6.45, 7) is 3.35. The number of carboxylic acids is 1. The summed E-state index contributed by atoms with van der Waals surface area (Å²) in [6, 6.07) is 7.10. The van der Waals surface area contributed by atoms with Crippen LogP contribution < -0.4 is 4.72 Å². The molecule has 0 fully saturated rings. The summed E-state index contributed by atoms with van der Waals surface area (Å²) < 4.78 is 26.9. The van der Waals surface area contributed by atoms with Crippen molar-refractivity contribution < 1.29 is 18.3 Å². The van der Waals surface area contributed by atoms with Gasteiger partial charge in [-0.1, -0.05) is 6.07 Å². The second-order valence-corrected chi connectivity index (χ2v) is 6.26. The number of aryl methyl sites for hydroxylation is 2. The van der Waals surface area contributed by atoms with Gasteiger partial charge in [-0.2, -0.15) is 0 Å². The molecule has 1 aromatic heterocycles. The summed E-state index contributed by atoms with van der Waals surface area (Å²) in [7, 11) is -3.84. The van der Waals surface area contributed by atoms with Crippen LogP contribution in [0.5, 0.6) is 0 Å². The molecule has 1 aromatic carbocycles. The first kappa shape index (κ1) is 15.0. The van der Waals surface area contributed by atoms with E-state index in [1.165, 1.54) is 24.4 Å². The van der Waals surface area contributed by atoms with E-state index in [9.17, 15) is 13.2 Å². The van der Waals surface area contributed by atoms with Crippen LogP contribution in [-0.4, -0.2) is 24.5 Å². The number of hydrogen-bond acceptors (Lipinski definition) is 4. The first-order chi connectivity index (χ1) is 9.79. The number of aromatic carboxylic acids is 1. The van der Waals surface area contributed by atoms with Crippen molar-refractivity contribution >= 4 is 21.7 Å². The molecule has 6 nitrogen and oxygen atoms in total. The molecule has 0 radical (unpaired) electrons. The summed E-state index contributed by atoms with van der Waals surface area (Å²) >= 11 is 0. The van der Waals surface area contributed by atoms with Gasteiger partial charge in [-0.05, 0) is 43.7 Å². The van der Waals surface area contributed by atoms with Gasteiger partial charge in [0.2, 0.25) is 0 Å². The first-order valence-corrected chi connectivity index (χ1v) is 7.57. The summed E-state index contributed by atoms with van der Waals surface area (Å²) in [5.74, 6) is -1.16. The van der Waals surface area contributed by atoms with E-state index in [2.05, 4.69) is 9.71 Å². The molecule has 0 bridgehead atoms. The first-order valence-electron chi connectivity index (χ1n) is 6.09. The van der Waals surface area contributed by atoms with Gasteiger partial charge in [-0.25, -0.2) is 13.2 Å². The van der Waals surface area contributed by atoms with Gasteiger partial charge in [0, 0.05) is 11.9 Å². The monoisotopic (exact) mass is 306 g/mol. The number of nitrogens with zero attached hydrogens (tertiary/aromatic N) is 1. The molecule has 0 saturated carbocycles. The molecular weight excluding hydrogens is 292 g/mol. The van der Waals surface area contributed by atoms with Crippen molar-refractivity contribution in [2.45, 2.75) is 18.7 Å². The van der Waals surface area contributed by atoms with E-state index >= 15 is 0 Å². The number of carbonyl (C=O) groups is 1. The van der Waals surface area contributed by atoms with Gasteiger partial charge in [0.25, 0.3) is 10.0 Å². The topological polar surface area (TPSA) is 96.4 Å². The van der Waals surface area contributed by atoms with Gasteiger partial charge in [0.15, 0.2) is 0 Å². The third kappa shape index (κ3) is 3.38. The summed E-state index contributed by atoms with van der Waals surface area (Å²) in [5, 5.41) is 9.06. The summed E-state index contributed by atoms with van der Waals surface area (Å²) in [5.41, 5.74) is 1.51. The van der Waals surface area contributed by atoms with Crippen LogP contribution in [0.4, 0.5) is 5.69 Å². The van der Waals surface area contributed by atoms with Gasteiger partial charge in [0.05, 0.1) is 16.1 Å². The van der Waals surface area contributed by atoms with Crippen LogP contribution in [0, 0.1) is 13.8 Å². The zero-order chi connectivity index (χ0) is 15.6. The van der Waals surface area contributed by atoms with Crippen molar-refractivity contribution in [3.8, 4) is 0 Å². The minimum Gasteiger partial charge on any atom is -0.478 e. The quantitative estimate of drug-likeness (QED) is 0.902. The van der Waals surface area contributed by atoms with E-state index < -0.39 is 16.0 Å². The number of carboxylic acid groups (broad SMARTS) is 1. The lowest BCUT2D eigenvalue weighted by atomic mass is 10.1. The third-order valence-electron chi connectivity index (χ3n) is 2.90. The SMILES string of the molecule is Cc1cc(NS(=O)(=O)c2ccc(C)c(C(=O)O)c2)ccn1. The van der Waals surface area contributed by atoms with Gasteiger partial charge in [-0.3, -0.25) is 9.71 Å². The summed E-state index contributed by atoms with van der Waals surface area (Å²) in [6.07, 6.45) is 1.49. The maximum Gasteiger partial charge on any atom is 0.335 e. The average Bonchev–Trinajstić information content (AvgIpc) is 2.38. The smallest absolute Gasteiger partial charge is 0.335 e. The minimum atomic E-state index is -3.84. The van der Waals surface area contributed by atoms with E-state index in [0.29, 0.717) is 16.9 Å². The molecule has 0 spiro atoms. The molecule has 7 heteroatoms. The third-order valence-corrected chi connectivity index (χ3v) is 4.28. The van der Waals surface area contributed by atoms with Crippen molar-refractivity contribution in [1.29, 1.82) is 0 Å². The molecule has 0 aliphatic rings. The lowest BCUT2D eigenvalue weighted by Gasteiger charge is -2.10. The van der Waals surface area contributed by atoms with Crippen molar-refractivity contribution in [2.24, 2.45) is 0 Å². The van der Waals surface area contributed by atoms with Gasteiger partial charge in [0.1, 0.15) is 0 Å². The maximum absolute atomic E-state index is 12.3. The zero-order valence-electron chi connectivity index (χ0n) is 11.5. The van der Waals surface area contributed by atoms with Crippen LogP contribution in [0.15, 0.2) is 41.4 Å². The van der Waals surface area contributed by atoms with Crippen LogP contribution in [0.25, 0.3) is 0 Å². The zero-order valence-corrected chi connectivity index (χ0v) is 12.3. The molecular formula is C14H14N2O4S. The predicted octanol–water partition coefficient (Wildman–Crippen LogP) is 2.20. The fraction of sp³-hybridized carbons (Fsp3) is 0.143. The lowest BCUT2D eigenvalue weighted by molar-refractivity contribution is 0.0696. The molecule has 2 aromatic rings. The number of pyridine rings is 1. The Bertz CT molecular complexity index is 800. The minimum absolute atomic E-state index is 0.0382. The molecule has 0 aliphatic heterocycles. The van der Waals surface area contributed by atoms with E-state index in [1.807, 2.05) is 0 Å². The van der Waals surface area contributed by atoms with E-state index in [4.69, 9.17) is 5.11 Å². The van der Waals surface area contributed by atoms with Crippen molar-refractivity contribution in [1.82, 2.24) is 4.98 Å². The second-order valence-electron chi connectivity index (χ2n) is 4.57. The van der Waals surface area contributed by atoms with Crippen LogP contribution in [0.2, 0.25) is 0 Å². The molecule has 0 saturated heterocycles. The Kier molecular flexibility index (Phi) is 3.95. The average molecular weight is 306 g/mol. The fourth-order valence-corrected chi connectivity index (χ4v) is 2.90. The Labute approximate surface area is 122 Å². The Morgan fingerprint density at radius 3 is 2.52 bits per heavy atom. The lowest BCUT2D eigenvalue weighted by Crippen LogP contribution is -2.14. The van der Waals surface area contributed by atoms with E-state index in [1.54, 1.807) is 19.9 Å². The molecule has 1 heterocycles. The van der Waals surface area contributed by atoms with Crippen LogP contribution in [-0.2, 0) is 10.0 Å². The highest BCUT2D eigenvalue weighted by molar-refractivity contribution is 7.92. The number of aromatic nitrogens is 1. The van der Waals surface area contributed by atoms with Gasteiger partial charge in [-0.15, -0.1) is 0 Å². The molecule has 0 unspecified atom stereocenters. The van der Waals surface area contributed by atoms with Crippen LogP contribution >= 0.6 is 0 Å². The normalized spacial score (nSPS) is 11.1. The largest absolute Gasteiger partial charge is 0.478 e. The second kappa shape index (κ2) is 5.53. The van der Waals surface area contributed by atoms with Crippen molar-refractivity contribution in [3.63, 3.8) is 0 Å². The number of nitrogens with one attached hydrogen (secondary N) is 1. The van der Waals surface area contributed by atoms with E-state index in [0.717, 1.165) is 6.07 Å². The van der Waals surface area contributed by atoms with Crippen LogP contribution in [0.1, 0.15) is 21.6 Å². The molecule has 0 atom stereocenters. The highest BCUT2D eigenvalue weighted by atomic mass is 32.2. The maximum atomic E-state index is 12.3. The summed E-state index contributed by atoms with van der Waals surface area (Å²) in [4.78, 5) is 15.0. The fourth-order valence-electron chi connectivity index (χ4n) is 1.82. The molecule has 0 aliphatic carbocycles. The van der Waals surface area contributed by atoms with E-state index in [-0.39, 0.29) is 10.5 Å². The number of anilines is 1. The van der Waals surface area contributed by atoms with Gasteiger partial charge >= 0.3 is 5.97 Å².